The molecule has 1 heterocycles. The molecule has 1 aliphatic carbocycles. The van der Waals surface area contributed by atoms with E-state index in [1.807, 2.05) is 24.3 Å². The van der Waals surface area contributed by atoms with Crippen molar-refractivity contribution in [3.8, 4) is 17.0 Å². The SMILES string of the molecule is CCc1nc(-c2ccc(Cl)cc2OC)c(CC)nc1N[C@H]1c2ccccc2C[C@@H]1OC(C)=O. The number of aromatic nitrogens is 2. The van der Waals surface area contributed by atoms with Crippen molar-refractivity contribution in [2.24, 2.45) is 0 Å². The first kappa shape index (κ1) is 23.1. The van der Waals surface area contributed by atoms with Gasteiger partial charge in [0.1, 0.15) is 17.7 Å². The highest BCUT2D eigenvalue weighted by atomic mass is 35.5. The Hall–Kier alpha value is -3.12. The fraction of sp³-hybridized carbons (Fsp3) is 0.346. The van der Waals surface area contributed by atoms with Gasteiger partial charge in [-0.1, -0.05) is 49.7 Å². The molecule has 1 aromatic heterocycles. The zero-order valence-electron chi connectivity index (χ0n) is 19.3. The predicted octanol–water partition coefficient (Wildman–Crippen LogP) is 5.57. The average Bonchev–Trinajstić information content (AvgIpc) is 3.15. The number of nitrogens with zero attached hydrogens (tertiary/aromatic N) is 2. The van der Waals surface area contributed by atoms with Crippen LogP contribution in [0.25, 0.3) is 11.3 Å². The Kier molecular flexibility index (Phi) is 6.84. The first-order valence-corrected chi connectivity index (χ1v) is 11.6. The molecule has 0 spiro atoms. The van der Waals surface area contributed by atoms with Crippen molar-refractivity contribution in [3.63, 3.8) is 0 Å². The standard InChI is InChI=1S/C26H28ClN3O3/c1-5-20-24(19-12-11-17(27)14-22(19)32-4)28-21(6-2)26(29-20)30-25-18-10-8-7-9-16(18)13-23(25)33-15(3)31/h7-12,14,23,25H,5-6,13H2,1-4H3,(H,29,30)/t23-,25-/m0/s1. The molecule has 1 N–H and O–H groups in total. The summed E-state index contributed by atoms with van der Waals surface area (Å²) in [5.41, 5.74) is 5.63. The quantitative estimate of drug-likeness (QED) is 0.460. The van der Waals surface area contributed by atoms with E-state index in [9.17, 15) is 4.79 Å². The maximum absolute atomic E-state index is 11.8. The predicted molar refractivity (Wildman–Crippen MR) is 130 cm³/mol. The summed E-state index contributed by atoms with van der Waals surface area (Å²) >= 11 is 6.16. The number of aryl methyl sites for hydroxylation is 2. The van der Waals surface area contributed by atoms with Crippen LogP contribution in [0.5, 0.6) is 5.75 Å². The van der Waals surface area contributed by atoms with E-state index in [0.717, 1.165) is 28.2 Å². The van der Waals surface area contributed by atoms with Gasteiger partial charge in [-0.25, -0.2) is 9.97 Å². The van der Waals surface area contributed by atoms with Gasteiger partial charge in [-0.05, 0) is 42.2 Å². The fourth-order valence-corrected chi connectivity index (χ4v) is 4.55. The Morgan fingerprint density at radius 1 is 1.12 bits per heavy atom. The van der Waals surface area contributed by atoms with Crippen molar-refractivity contribution < 1.29 is 14.3 Å². The van der Waals surface area contributed by atoms with Gasteiger partial charge >= 0.3 is 5.97 Å². The van der Waals surface area contributed by atoms with E-state index in [0.29, 0.717) is 35.9 Å². The molecule has 7 heteroatoms. The number of hydrogen-bond donors (Lipinski definition) is 1. The minimum absolute atomic E-state index is 0.190. The number of ether oxygens (including phenoxy) is 2. The summed E-state index contributed by atoms with van der Waals surface area (Å²) in [7, 11) is 1.62. The molecule has 0 radical (unpaired) electrons. The fourth-order valence-electron chi connectivity index (χ4n) is 4.39. The van der Waals surface area contributed by atoms with Gasteiger partial charge in [-0.3, -0.25) is 4.79 Å². The molecule has 6 nitrogen and oxygen atoms in total. The van der Waals surface area contributed by atoms with E-state index in [1.165, 1.54) is 12.5 Å². The highest BCUT2D eigenvalue weighted by molar-refractivity contribution is 6.30. The highest BCUT2D eigenvalue weighted by Crippen LogP contribution is 2.38. The number of carbonyl (C=O) groups excluding carboxylic acids is 1. The second-order valence-electron chi connectivity index (χ2n) is 8.04. The minimum atomic E-state index is -0.299. The third-order valence-electron chi connectivity index (χ3n) is 5.92. The number of esters is 1. The summed E-state index contributed by atoms with van der Waals surface area (Å²) in [5, 5.41) is 4.16. The van der Waals surface area contributed by atoms with E-state index in [1.54, 1.807) is 13.2 Å². The summed E-state index contributed by atoms with van der Waals surface area (Å²) < 4.78 is 11.2. The van der Waals surface area contributed by atoms with Gasteiger partial charge in [-0.15, -0.1) is 0 Å². The van der Waals surface area contributed by atoms with Gasteiger partial charge in [0.05, 0.1) is 30.2 Å². The van der Waals surface area contributed by atoms with E-state index in [2.05, 4.69) is 31.3 Å². The van der Waals surface area contributed by atoms with Gasteiger partial charge in [-0.2, -0.15) is 0 Å². The number of methoxy groups -OCH3 is 1. The molecule has 33 heavy (non-hydrogen) atoms. The second kappa shape index (κ2) is 9.79. The monoisotopic (exact) mass is 465 g/mol. The zero-order chi connectivity index (χ0) is 23.5. The molecule has 0 bridgehead atoms. The molecule has 0 aliphatic heterocycles. The second-order valence-corrected chi connectivity index (χ2v) is 8.48. The summed E-state index contributed by atoms with van der Waals surface area (Å²) in [6.45, 7) is 5.55. The van der Waals surface area contributed by atoms with Crippen LogP contribution in [0.4, 0.5) is 5.82 Å². The van der Waals surface area contributed by atoms with Crippen LogP contribution in [0.1, 0.15) is 49.3 Å². The molecule has 0 saturated carbocycles. The van der Waals surface area contributed by atoms with E-state index < -0.39 is 0 Å². The molecule has 0 amide bonds. The van der Waals surface area contributed by atoms with E-state index in [-0.39, 0.29) is 18.1 Å². The van der Waals surface area contributed by atoms with Crippen LogP contribution in [0, 0.1) is 0 Å². The number of anilines is 1. The van der Waals surface area contributed by atoms with Gasteiger partial charge < -0.3 is 14.8 Å². The van der Waals surface area contributed by atoms with Crippen LogP contribution in [0.3, 0.4) is 0 Å². The Morgan fingerprint density at radius 2 is 1.88 bits per heavy atom. The summed E-state index contributed by atoms with van der Waals surface area (Å²) in [5.74, 6) is 1.08. The highest BCUT2D eigenvalue weighted by Gasteiger charge is 2.35. The Bertz CT molecular complexity index is 1180. The number of halogens is 1. The van der Waals surface area contributed by atoms with Crippen molar-refractivity contribution in [3.05, 3.63) is 70.0 Å². The average molecular weight is 466 g/mol. The topological polar surface area (TPSA) is 73.3 Å². The van der Waals surface area contributed by atoms with Crippen molar-refractivity contribution in [1.82, 2.24) is 9.97 Å². The van der Waals surface area contributed by atoms with Crippen molar-refractivity contribution in [2.45, 2.75) is 52.2 Å². The number of fused-ring (bicyclic) bond motifs is 1. The van der Waals surface area contributed by atoms with Crippen LogP contribution in [0.15, 0.2) is 42.5 Å². The number of hydrogen-bond acceptors (Lipinski definition) is 6. The number of rotatable bonds is 7. The molecule has 2 atom stereocenters. The number of carbonyl (C=O) groups is 1. The maximum Gasteiger partial charge on any atom is 0.302 e. The summed E-state index contributed by atoms with van der Waals surface area (Å²) in [4.78, 5) is 21.7. The lowest BCUT2D eigenvalue weighted by molar-refractivity contribution is -0.146. The van der Waals surface area contributed by atoms with Gasteiger partial charge in [0.2, 0.25) is 0 Å². The Labute approximate surface area is 199 Å². The molecule has 3 aromatic rings. The van der Waals surface area contributed by atoms with Crippen LogP contribution in [0.2, 0.25) is 5.02 Å². The molecule has 0 unspecified atom stereocenters. The normalized spacial score (nSPS) is 16.9. The van der Waals surface area contributed by atoms with E-state index >= 15 is 0 Å². The van der Waals surface area contributed by atoms with Crippen LogP contribution in [-0.4, -0.2) is 29.2 Å². The van der Waals surface area contributed by atoms with Crippen molar-refractivity contribution in [1.29, 1.82) is 0 Å². The molecular formula is C26H28ClN3O3. The van der Waals surface area contributed by atoms with Crippen LogP contribution >= 0.6 is 11.6 Å². The van der Waals surface area contributed by atoms with Gasteiger partial charge in [0, 0.05) is 23.9 Å². The molecular weight excluding hydrogens is 438 g/mol. The molecule has 1 aliphatic rings. The largest absolute Gasteiger partial charge is 0.496 e. The molecule has 172 valence electrons. The number of nitrogens with one attached hydrogen (secondary N) is 1. The maximum atomic E-state index is 11.8. The third-order valence-corrected chi connectivity index (χ3v) is 6.16. The minimum Gasteiger partial charge on any atom is -0.496 e. The molecule has 0 saturated heterocycles. The molecule has 2 aromatic carbocycles. The summed E-state index contributed by atoms with van der Waals surface area (Å²) in [6.07, 6.45) is 1.76. The molecule has 4 rings (SSSR count). The van der Waals surface area contributed by atoms with Crippen LogP contribution in [-0.2, 0) is 28.8 Å². The first-order chi connectivity index (χ1) is 15.9. The number of benzene rings is 2. The lowest BCUT2D eigenvalue weighted by atomic mass is 10.1. The molecule has 0 fully saturated rings. The smallest absolute Gasteiger partial charge is 0.302 e. The first-order valence-electron chi connectivity index (χ1n) is 11.2. The summed E-state index contributed by atoms with van der Waals surface area (Å²) in [6, 6.07) is 13.5. The Balaban J connectivity index is 1.76. The van der Waals surface area contributed by atoms with Gasteiger partial charge in [0.15, 0.2) is 0 Å². The zero-order valence-corrected chi connectivity index (χ0v) is 20.1. The van der Waals surface area contributed by atoms with E-state index in [4.69, 9.17) is 31.0 Å². The lowest BCUT2D eigenvalue weighted by Crippen LogP contribution is -2.27. The third kappa shape index (κ3) is 4.67. The van der Waals surface area contributed by atoms with Gasteiger partial charge in [0.25, 0.3) is 0 Å². The lowest BCUT2D eigenvalue weighted by Gasteiger charge is -2.24. The Morgan fingerprint density at radius 3 is 2.58 bits per heavy atom. The van der Waals surface area contributed by atoms with Crippen molar-refractivity contribution in [2.75, 3.05) is 12.4 Å². The van der Waals surface area contributed by atoms with Crippen molar-refractivity contribution >= 4 is 23.4 Å². The van der Waals surface area contributed by atoms with Crippen LogP contribution < -0.4 is 10.1 Å².